The second kappa shape index (κ2) is 6.16. The summed E-state index contributed by atoms with van der Waals surface area (Å²) in [5.74, 6) is 2.15. The van der Waals surface area contributed by atoms with Gasteiger partial charge >= 0.3 is 11.5 Å². The van der Waals surface area contributed by atoms with Gasteiger partial charge in [0.05, 0.1) is 23.6 Å². The third kappa shape index (κ3) is 3.00. The third-order valence-electron chi connectivity index (χ3n) is 4.84. The zero-order valence-electron chi connectivity index (χ0n) is 14.0. The lowest BCUT2D eigenvalue weighted by atomic mass is 9.99. The van der Waals surface area contributed by atoms with Crippen LogP contribution in [0.5, 0.6) is 0 Å². The maximum atomic E-state index is 8.49. The van der Waals surface area contributed by atoms with Crippen LogP contribution in [0.2, 0.25) is 0 Å². The van der Waals surface area contributed by atoms with Crippen LogP contribution in [0, 0.1) is 17.2 Å². The fourth-order valence-electron chi connectivity index (χ4n) is 3.87. The topological polar surface area (TPSA) is 104 Å². The summed E-state index contributed by atoms with van der Waals surface area (Å²) in [7, 11) is -4.94. The largest absolute Gasteiger partial charge is 0.364 e. The van der Waals surface area contributed by atoms with Crippen LogP contribution in [-0.2, 0) is 12.8 Å². The van der Waals surface area contributed by atoms with Crippen molar-refractivity contribution in [3.05, 3.63) is 76.5 Å². The average molecular weight is 371 g/mol. The fraction of sp³-hybridized carbons (Fsp3) is 0.150. The Hall–Kier alpha value is -2.28. The molecule has 0 aliphatic heterocycles. The summed E-state index contributed by atoms with van der Waals surface area (Å²) >= 11 is 0. The van der Waals surface area contributed by atoms with Gasteiger partial charge in [-0.15, -0.1) is 10.2 Å². The monoisotopic (exact) mass is 370 g/mol. The van der Waals surface area contributed by atoms with Crippen molar-refractivity contribution in [1.29, 1.82) is 0 Å². The van der Waals surface area contributed by atoms with E-state index in [4.69, 9.17) is 23.1 Å². The van der Waals surface area contributed by atoms with Crippen LogP contribution in [0.15, 0.2) is 52.9 Å². The molecule has 0 saturated heterocycles. The lowest BCUT2D eigenvalue weighted by Crippen LogP contribution is -2.68. The molecule has 0 spiro atoms. The Morgan fingerprint density at radius 2 is 1.27 bits per heavy atom. The summed E-state index contributed by atoms with van der Waals surface area (Å²) < 4.78 is 40.2. The van der Waals surface area contributed by atoms with E-state index in [0.29, 0.717) is 0 Å². The van der Waals surface area contributed by atoms with Gasteiger partial charge in [0.2, 0.25) is 0 Å². The molecular weight excluding hydrogens is 356 g/mol. The van der Waals surface area contributed by atoms with E-state index in [1.165, 1.54) is 38.9 Å². The molecule has 132 valence electrons. The number of aryl methyl sites for hydroxylation is 1. The molecule has 0 N–H and O–H groups in total. The molecule has 0 fully saturated rings. The minimum absolute atomic E-state index is 0.992. The van der Waals surface area contributed by atoms with Crippen molar-refractivity contribution < 1.29 is 33.3 Å². The highest BCUT2D eigenvalue weighted by Crippen LogP contribution is 2.48. The molecule has 1 heterocycles. The van der Waals surface area contributed by atoms with Crippen LogP contribution >= 0.6 is 0 Å². The Kier molecular flexibility index (Phi) is 4.06. The third-order valence-corrected chi connectivity index (χ3v) is 4.84. The second-order valence-corrected chi connectivity index (χ2v) is 7.12. The summed E-state index contributed by atoms with van der Waals surface area (Å²) in [6.45, 7) is 2.10. The zero-order valence-corrected chi connectivity index (χ0v) is 14.7. The minimum Gasteiger partial charge on any atom is -0.222 e. The van der Waals surface area contributed by atoms with E-state index in [0.717, 1.165) is 24.4 Å². The summed E-state index contributed by atoms with van der Waals surface area (Å²) in [6.07, 6.45) is 2.00. The molecule has 6 heteroatoms. The molecule has 0 bridgehead atoms. The Labute approximate surface area is 152 Å². The van der Waals surface area contributed by atoms with Crippen molar-refractivity contribution in [3.63, 3.8) is 0 Å². The molecule has 2 aliphatic rings. The van der Waals surface area contributed by atoms with Crippen molar-refractivity contribution in [2.45, 2.75) is 19.8 Å². The van der Waals surface area contributed by atoms with E-state index in [1.54, 1.807) is 0 Å². The van der Waals surface area contributed by atoms with E-state index < -0.39 is 10.2 Å². The Bertz CT molecular complexity index is 1000. The summed E-state index contributed by atoms with van der Waals surface area (Å²) in [5, 5.41) is 0. The van der Waals surface area contributed by atoms with Crippen LogP contribution < -0.4 is 18.6 Å². The standard InChI is InChI=1S/C20H15O.ClHO4/c1-12-17-10-13-6-2-4-8-15(13)19(17)18-11-14-7-3-5-9-16(14)20(18)21-12;2-1(3,4)5/h2-9H,10-11H2,1H3;(H,2,3,4,5)/q+1;/p-1. The van der Waals surface area contributed by atoms with Gasteiger partial charge in [-0.1, -0.05) is 42.5 Å². The van der Waals surface area contributed by atoms with Gasteiger partial charge in [0.1, 0.15) is 0 Å². The first-order valence-electron chi connectivity index (χ1n) is 8.09. The Morgan fingerprint density at radius 1 is 0.769 bits per heavy atom. The predicted molar refractivity (Wildman–Crippen MR) is 84.3 cm³/mol. The van der Waals surface area contributed by atoms with E-state index in [2.05, 4.69) is 55.5 Å². The van der Waals surface area contributed by atoms with Crippen molar-refractivity contribution in [2.24, 2.45) is 0 Å². The average Bonchev–Trinajstić information content (AvgIpc) is 3.12. The summed E-state index contributed by atoms with van der Waals surface area (Å²) in [6, 6.07) is 17.4. The van der Waals surface area contributed by atoms with Gasteiger partial charge in [0, 0.05) is 18.4 Å². The van der Waals surface area contributed by atoms with E-state index in [-0.39, 0.29) is 0 Å². The van der Waals surface area contributed by atoms with Crippen molar-refractivity contribution >= 4 is 0 Å². The van der Waals surface area contributed by atoms with Crippen LogP contribution in [0.4, 0.5) is 0 Å². The minimum atomic E-state index is -4.94. The molecule has 2 aromatic carbocycles. The highest BCUT2D eigenvalue weighted by atomic mass is 35.7. The summed E-state index contributed by atoms with van der Waals surface area (Å²) in [5.41, 5.74) is 9.66. The molecule has 1 aromatic heterocycles. The highest BCUT2D eigenvalue weighted by molar-refractivity contribution is 5.87. The number of rotatable bonds is 0. The Balaban J connectivity index is 0.000000301. The smallest absolute Gasteiger partial charge is 0.222 e. The van der Waals surface area contributed by atoms with Gasteiger partial charge in [-0.05, 0) is 22.8 Å². The normalized spacial score (nSPS) is 13.3. The molecule has 0 radical (unpaired) electrons. The lowest BCUT2D eigenvalue weighted by molar-refractivity contribution is -2.00. The van der Waals surface area contributed by atoms with Gasteiger partial charge in [0.15, 0.2) is 0 Å². The second-order valence-electron chi connectivity index (χ2n) is 6.37. The van der Waals surface area contributed by atoms with Crippen molar-refractivity contribution in [3.8, 4) is 22.5 Å². The molecule has 5 nitrogen and oxygen atoms in total. The van der Waals surface area contributed by atoms with Gasteiger partial charge in [-0.25, -0.2) is 23.1 Å². The Morgan fingerprint density at radius 3 is 1.92 bits per heavy atom. The first kappa shape index (κ1) is 17.1. The molecule has 0 amide bonds. The molecule has 2 aliphatic carbocycles. The van der Waals surface area contributed by atoms with Crippen molar-refractivity contribution in [2.75, 3.05) is 0 Å². The number of hydrogen-bond acceptors (Lipinski definition) is 4. The maximum absolute atomic E-state index is 8.49. The zero-order chi connectivity index (χ0) is 18.5. The van der Waals surface area contributed by atoms with Gasteiger partial charge in [0.25, 0.3) is 0 Å². The van der Waals surface area contributed by atoms with E-state index in [1.807, 2.05) is 0 Å². The molecular formula is C20H15ClO5. The number of fused-ring (bicyclic) bond motifs is 7. The molecule has 5 rings (SSSR count). The van der Waals surface area contributed by atoms with Crippen LogP contribution in [0.1, 0.15) is 28.0 Å². The van der Waals surface area contributed by atoms with Gasteiger partial charge in [-0.2, -0.15) is 0 Å². The molecule has 0 atom stereocenters. The van der Waals surface area contributed by atoms with Crippen LogP contribution in [-0.4, -0.2) is 0 Å². The van der Waals surface area contributed by atoms with E-state index in [9.17, 15) is 0 Å². The van der Waals surface area contributed by atoms with Crippen LogP contribution in [0.3, 0.4) is 0 Å². The predicted octanol–water partition coefficient (Wildman–Crippen LogP) is 0.256. The quantitative estimate of drug-likeness (QED) is 0.364. The fourth-order valence-corrected chi connectivity index (χ4v) is 3.87. The lowest BCUT2D eigenvalue weighted by Gasteiger charge is -2.17. The maximum Gasteiger partial charge on any atom is 0.364 e. The first-order chi connectivity index (χ1) is 12.3. The molecule has 3 aromatic rings. The SMILES string of the molecule is Cc1[o+]c2c(c3c1Cc1ccccc1-3)Cc1ccccc1-2.[O-][Cl+3]([O-])([O-])[O-]. The van der Waals surface area contributed by atoms with Gasteiger partial charge < -0.3 is 0 Å². The number of hydrogen-bond donors (Lipinski definition) is 0. The summed E-state index contributed by atoms with van der Waals surface area (Å²) in [4.78, 5) is 0. The molecule has 0 unspecified atom stereocenters. The molecule has 26 heavy (non-hydrogen) atoms. The first-order valence-corrected chi connectivity index (χ1v) is 9.33. The number of halogens is 1. The van der Waals surface area contributed by atoms with Crippen LogP contribution in [0.25, 0.3) is 22.5 Å². The number of benzene rings is 2. The molecule has 0 saturated carbocycles. The highest BCUT2D eigenvalue weighted by Gasteiger charge is 2.38. The van der Waals surface area contributed by atoms with Gasteiger partial charge in [-0.3, -0.25) is 0 Å². The van der Waals surface area contributed by atoms with Crippen molar-refractivity contribution in [1.82, 2.24) is 0 Å². The van der Waals surface area contributed by atoms with E-state index >= 15 is 0 Å².